The maximum Gasteiger partial charge on any atom is 0.254 e. The van der Waals surface area contributed by atoms with Gasteiger partial charge in [-0.3, -0.25) is 4.79 Å². The molecule has 1 amide bonds. The highest BCUT2D eigenvalue weighted by Gasteiger charge is 2.35. The molecule has 4 rings (SSSR count). The van der Waals surface area contributed by atoms with Crippen molar-refractivity contribution in [3.05, 3.63) is 77.0 Å². The van der Waals surface area contributed by atoms with E-state index >= 15 is 0 Å². The Kier molecular flexibility index (Phi) is 6.07. The summed E-state index contributed by atoms with van der Waals surface area (Å²) in [5.41, 5.74) is 1.33. The fraction of sp³-hybridized carbons (Fsp3) is 0.261. The first kappa shape index (κ1) is 21.5. The predicted molar refractivity (Wildman–Crippen MR) is 119 cm³/mol. The number of methoxy groups -OCH3 is 1. The van der Waals surface area contributed by atoms with E-state index in [4.69, 9.17) is 20.8 Å². The Labute approximate surface area is 186 Å². The van der Waals surface area contributed by atoms with Crippen LogP contribution in [0, 0.1) is 0 Å². The van der Waals surface area contributed by atoms with E-state index in [1.165, 1.54) is 0 Å². The molecule has 1 aliphatic heterocycles. The molecule has 0 aliphatic carbocycles. The molecule has 1 aliphatic rings. The molecule has 0 spiro atoms. The van der Waals surface area contributed by atoms with Crippen LogP contribution in [0.1, 0.15) is 22.5 Å². The van der Waals surface area contributed by atoms with Gasteiger partial charge in [0, 0.05) is 22.2 Å². The number of carbonyl (C=O) groups is 1. The summed E-state index contributed by atoms with van der Waals surface area (Å²) in [6.07, 6.45) is 0.412. The summed E-state index contributed by atoms with van der Waals surface area (Å²) in [5, 5.41) is 0.634. The second kappa shape index (κ2) is 8.77. The second-order valence-corrected chi connectivity index (χ2v) is 10.2. The summed E-state index contributed by atoms with van der Waals surface area (Å²) in [6.45, 7) is 0.179. The van der Waals surface area contributed by atoms with Crippen LogP contribution in [0.5, 0.6) is 5.75 Å². The zero-order valence-electron chi connectivity index (χ0n) is 17.0. The molecule has 2 aromatic carbocycles. The van der Waals surface area contributed by atoms with Gasteiger partial charge in [0.05, 0.1) is 25.2 Å². The minimum Gasteiger partial charge on any atom is -0.497 e. The van der Waals surface area contributed by atoms with Crippen LogP contribution in [0.25, 0.3) is 11.3 Å². The Hall–Kier alpha value is -2.77. The Balaban J connectivity index is 1.60. The van der Waals surface area contributed by atoms with Crippen LogP contribution in [0.15, 0.2) is 65.1 Å². The number of sulfone groups is 1. The zero-order valence-corrected chi connectivity index (χ0v) is 18.5. The van der Waals surface area contributed by atoms with Gasteiger partial charge in [-0.15, -0.1) is 0 Å². The van der Waals surface area contributed by atoms with Crippen LogP contribution >= 0.6 is 11.6 Å². The Morgan fingerprint density at radius 3 is 2.42 bits per heavy atom. The molecular formula is C23H22ClNO5S. The number of nitrogens with zero attached hydrogens (tertiary/aromatic N) is 1. The molecule has 8 heteroatoms. The van der Waals surface area contributed by atoms with Crippen molar-refractivity contribution < 1.29 is 22.4 Å². The van der Waals surface area contributed by atoms with E-state index < -0.39 is 15.9 Å². The minimum absolute atomic E-state index is 0.0420. The second-order valence-electron chi connectivity index (χ2n) is 7.49. The van der Waals surface area contributed by atoms with Crippen molar-refractivity contribution in [1.29, 1.82) is 0 Å². The third-order valence-electron chi connectivity index (χ3n) is 5.36. The molecule has 0 N–H and O–H groups in total. The highest BCUT2D eigenvalue weighted by atomic mass is 35.5. The highest BCUT2D eigenvalue weighted by Crippen LogP contribution is 2.27. The fourth-order valence-electron chi connectivity index (χ4n) is 3.69. The first-order valence-corrected chi connectivity index (χ1v) is 12.0. The number of benzene rings is 2. The Morgan fingerprint density at radius 2 is 1.81 bits per heavy atom. The number of amides is 1. The quantitative estimate of drug-likeness (QED) is 0.544. The fourth-order valence-corrected chi connectivity index (χ4v) is 5.54. The molecule has 0 radical (unpaired) electrons. The van der Waals surface area contributed by atoms with Gasteiger partial charge in [0.2, 0.25) is 0 Å². The SMILES string of the molecule is COc1ccc(C(=O)N(Cc2ccc(-c3ccc(Cl)cc3)o2)C2CCS(=O)(=O)C2)cc1. The Bertz CT molecular complexity index is 1170. The van der Waals surface area contributed by atoms with Gasteiger partial charge in [-0.25, -0.2) is 8.42 Å². The lowest BCUT2D eigenvalue weighted by atomic mass is 10.1. The first-order chi connectivity index (χ1) is 14.8. The van der Waals surface area contributed by atoms with Crippen LogP contribution in [-0.2, 0) is 16.4 Å². The lowest BCUT2D eigenvalue weighted by Gasteiger charge is -2.27. The zero-order chi connectivity index (χ0) is 22.0. The molecule has 1 atom stereocenters. The summed E-state index contributed by atoms with van der Waals surface area (Å²) in [6, 6.07) is 17.3. The van der Waals surface area contributed by atoms with Gasteiger partial charge in [-0.1, -0.05) is 11.6 Å². The first-order valence-electron chi connectivity index (χ1n) is 9.85. The molecule has 162 valence electrons. The van der Waals surface area contributed by atoms with Crippen molar-refractivity contribution >= 4 is 27.3 Å². The summed E-state index contributed by atoms with van der Waals surface area (Å²) in [7, 11) is -1.60. The van der Waals surface area contributed by atoms with Crippen molar-refractivity contribution in [2.75, 3.05) is 18.6 Å². The van der Waals surface area contributed by atoms with Gasteiger partial charge in [-0.05, 0) is 67.1 Å². The van der Waals surface area contributed by atoms with Crippen molar-refractivity contribution in [3.63, 3.8) is 0 Å². The normalized spacial score (nSPS) is 17.4. The largest absolute Gasteiger partial charge is 0.497 e. The Morgan fingerprint density at radius 1 is 1.10 bits per heavy atom. The molecular weight excluding hydrogens is 438 g/mol. The van der Waals surface area contributed by atoms with E-state index in [0.29, 0.717) is 34.3 Å². The van der Waals surface area contributed by atoms with Crippen LogP contribution in [0.4, 0.5) is 0 Å². The molecule has 3 aromatic rings. The minimum atomic E-state index is -3.16. The topological polar surface area (TPSA) is 76.8 Å². The van der Waals surface area contributed by atoms with Gasteiger partial charge >= 0.3 is 0 Å². The number of ether oxygens (including phenoxy) is 1. The number of hydrogen-bond acceptors (Lipinski definition) is 5. The number of rotatable bonds is 6. The maximum atomic E-state index is 13.3. The van der Waals surface area contributed by atoms with Gasteiger partial charge in [-0.2, -0.15) is 0 Å². The molecule has 0 saturated carbocycles. The lowest BCUT2D eigenvalue weighted by Crippen LogP contribution is -2.40. The molecule has 1 fully saturated rings. The number of halogens is 1. The van der Waals surface area contributed by atoms with E-state index in [2.05, 4.69) is 0 Å². The van der Waals surface area contributed by atoms with Crippen molar-refractivity contribution in [2.45, 2.75) is 19.0 Å². The van der Waals surface area contributed by atoms with Gasteiger partial charge in [0.1, 0.15) is 17.3 Å². The van der Waals surface area contributed by atoms with Gasteiger partial charge in [0.25, 0.3) is 5.91 Å². The number of hydrogen-bond donors (Lipinski definition) is 0. The maximum absolute atomic E-state index is 13.3. The average molecular weight is 460 g/mol. The summed E-state index contributed by atoms with van der Waals surface area (Å²) < 4.78 is 35.3. The summed E-state index contributed by atoms with van der Waals surface area (Å²) in [4.78, 5) is 14.9. The molecule has 31 heavy (non-hydrogen) atoms. The molecule has 1 aromatic heterocycles. The highest BCUT2D eigenvalue weighted by molar-refractivity contribution is 7.91. The standard InChI is InChI=1S/C23H22ClNO5S/c1-29-20-8-4-17(5-9-20)23(26)25(19-12-13-31(27,28)15-19)14-21-10-11-22(30-21)16-2-6-18(24)7-3-16/h2-11,19H,12-15H2,1H3. The van der Waals surface area contributed by atoms with Crippen LogP contribution in [0.3, 0.4) is 0 Å². The number of furan rings is 1. The van der Waals surface area contributed by atoms with Crippen LogP contribution in [-0.4, -0.2) is 43.9 Å². The van der Waals surface area contributed by atoms with Gasteiger partial charge in [0.15, 0.2) is 9.84 Å². The summed E-state index contributed by atoms with van der Waals surface area (Å²) >= 11 is 5.95. The molecule has 2 heterocycles. The van der Waals surface area contributed by atoms with Crippen molar-refractivity contribution in [3.8, 4) is 17.1 Å². The van der Waals surface area contributed by atoms with Crippen molar-refractivity contribution in [2.24, 2.45) is 0 Å². The van der Waals surface area contributed by atoms with Gasteiger partial charge < -0.3 is 14.1 Å². The molecule has 1 saturated heterocycles. The summed E-state index contributed by atoms with van der Waals surface area (Å²) in [5.74, 6) is 1.68. The third kappa shape index (κ3) is 4.94. The smallest absolute Gasteiger partial charge is 0.254 e. The van der Waals surface area contributed by atoms with E-state index in [1.807, 2.05) is 24.3 Å². The van der Waals surface area contributed by atoms with E-state index in [-0.39, 0.29) is 24.0 Å². The third-order valence-corrected chi connectivity index (χ3v) is 7.37. The molecule has 6 nitrogen and oxygen atoms in total. The average Bonchev–Trinajstić information content (AvgIpc) is 3.38. The lowest BCUT2D eigenvalue weighted by molar-refractivity contribution is 0.0666. The van der Waals surface area contributed by atoms with Crippen LogP contribution in [0.2, 0.25) is 5.02 Å². The van der Waals surface area contributed by atoms with Crippen LogP contribution < -0.4 is 4.74 Å². The predicted octanol–water partition coefficient (Wildman–Crippen LogP) is 4.44. The van der Waals surface area contributed by atoms with E-state index in [0.717, 1.165) is 5.56 Å². The van der Waals surface area contributed by atoms with Crippen molar-refractivity contribution in [1.82, 2.24) is 4.90 Å². The molecule has 0 bridgehead atoms. The molecule has 1 unspecified atom stereocenters. The monoisotopic (exact) mass is 459 g/mol. The van der Waals surface area contributed by atoms with E-state index in [1.54, 1.807) is 48.4 Å². The number of carbonyl (C=O) groups excluding carboxylic acids is 1. The van der Waals surface area contributed by atoms with E-state index in [9.17, 15) is 13.2 Å².